The average molecular weight is 140 g/mol. The lowest BCUT2D eigenvalue weighted by Crippen LogP contribution is -2.00. The van der Waals surface area contributed by atoms with Crippen molar-refractivity contribution in [3.63, 3.8) is 0 Å². The van der Waals surface area contributed by atoms with Crippen LogP contribution in [0.4, 0.5) is 0 Å². The number of nitrogens with zero attached hydrogens (tertiary/aromatic N) is 2. The van der Waals surface area contributed by atoms with E-state index in [9.17, 15) is 0 Å². The molecule has 0 aliphatic heterocycles. The zero-order valence-corrected chi connectivity index (χ0v) is 6.37. The van der Waals surface area contributed by atoms with Crippen LogP contribution >= 0.6 is 0 Å². The number of aromatic nitrogens is 2. The Bertz CT molecular complexity index is 195. The fourth-order valence-corrected chi connectivity index (χ4v) is 0.750. The van der Waals surface area contributed by atoms with Gasteiger partial charge in [-0.2, -0.15) is 5.10 Å². The van der Waals surface area contributed by atoms with Gasteiger partial charge in [-0.1, -0.05) is 0 Å². The standard InChI is InChI=1S/C7H12N2O/c1-3-10-6-7-4-5-8-9(7)2/h4-5H,3,6H2,1-2H3. The molecule has 0 spiro atoms. The molecule has 0 N–H and O–H groups in total. The van der Waals surface area contributed by atoms with Crippen molar-refractivity contribution in [2.75, 3.05) is 6.61 Å². The molecule has 1 aromatic heterocycles. The molecule has 0 aromatic carbocycles. The summed E-state index contributed by atoms with van der Waals surface area (Å²) in [7, 11) is 1.91. The van der Waals surface area contributed by atoms with Crippen molar-refractivity contribution in [1.82, 2.24) is 9.78 Å². The Morgan fingerprint density at radius 3 is 3.00 bits per heavy atom. The van der Waals surface area contributed by atoms with Crippen molar-refractivity contribution in [2.24, 2.45) is 7.05 Å². The van der Waals surface area contributed by atoms with Crippen LogP contribution in [0.2, 0.25) is 0 Å². The maximum absolute atomic E-state index is 5.20. The van der Waals surface area contributed by atoms with E-state index in [0.29, 0.717) is 6.61 Å². The zero-order valence-electron chi connectivity index (χ0n) is 6.37. The van der Waals surface area contributed by atoms with Crippen LogP contribution in [0.25, 0.3) is 0 Å². The minimum absolute atomic E-state index is 0.660. The van der Waals surface area contributed by atoms with Gasteiger partial charge in [0.2, 0.25) is 0 Å². The summed E-state index contributed by atoms with van der Waals surface area (Å²) < 4.78 is 7.01. The van der Waals surface area contributed by atoms with Gasteiger partial charge >= 0.3 is 0 Å². The average Bonchev–Trinajstić information content (AvgIpc) is 2.31. The molecule has 0 saturated carbocycles. The maximum Gasteiger partial charge on any atom is 0.0884 e. The van der Waals surface area contributed by atoms with E-state index in [1.165, 1.54) is 0 Å². The SMILES string of the molecule is CCOCc1ccnn1C. The Morgan fingerprint density at radius 2 is 2.50 bits per heavy atom. The Kier molecular flexibility index (Phi) is 2.45. The summed E-state index contributed by atoms with van der Waals surface area (Å²) in [5, 5.41) is 4.01. The first-order valence-corrected chi connectivity index (χ1v) is 3.39. The highest BCUT2D eigenvalue weighted by Gasteiger charge is 1.95. The highest BCUT2D eigenvalue weighted by atomic mass is 16.5. The van der Waals surface area contributed by atoms with Crippen LogP contribution in [-0.2, 0) is 18.4 Å². The molecule has 0 saturated heterocycles. The summed E-state index contributed by atoms with van der Waals surface area (Å²) in [5.74, 6) is 0. The number of ether oxygens (including phenoxy) is 1. The van der Waals surface area contributed by atoms with Crippen LogP contribution in [0, 0.1) is 0 Å². The van der Waals surface area contributed by atoms with E-state index in [1.807, 2.05) is 24.7 Å². The van der Waals surface area contributed by atoms with Gasteiger partial charge in [0.15, 0.2) is 0 Å². The second-order valence-corrected chi connectivity index (χ2v) is 2.08. The van der Waals surface area contributed by atoms with Crippen LogP contribution in [0.1, 0.15) is 12.6 Å². The first-order chi connectivity index (χ1) is 4.84. The predicted molar refractivity (Wildman–Crippen MR) is 38.5 cm³/mol. The molecule has 1 aromatic rings. The molecule has 0 radical (unpaired) electrons. The van der Waals surface area contributed by atoms with E-state index in [4.69, 9.17) is 4.74 Å². The normalized spacial score (nSPS) is 10.2. The monoisotopic (exact) mass is 140 g/mol. The van der Waals surface area contributed by atoms with E-state index in [0.717, 1.165) is 12.3 Å². The van der Waals surface area contributed by atoms with E-state index in [-0.39, 0.29) is 0 Å². The minimum Gasteiger partial charge on any atom is -0.375 e. The topological polar surface area (TPSA) is 27.1 Å². The number of aryl methyl sites for hydroxylation is 1. The van der Waals surface area contributed by atoms with Gasteiger partial charge in [0, 0.05) is 19.9 Å². The molecule has 56 valence electrons. The molecule has 0 atom stereocenters. The first-order valence-electron chi connectivity index (χ1n) is 3.39. The quantitative estimate of drug-likeness (QED) is 0.625. The molecule has 0 aliphatic carbocycles. The second kappa shape index (κ2) is 3.37. The molecule has 3 nitrogen and oxygen atoms in total. The van der Waals surface area contributed by atoms with Crippen LogP contribution in [-0.4, -0.2) is 16.4 Å². The fraction of sp³-hybridized carbons (Fsp3) is 0.571. The second-order valence-electron chi connectivity index (χ2n) is 2.08. The lowest BCUT2D eigenvalue weighted by Gasteiger charge is -2.00. The van der Waals surface area contributed by atoms with Crippen LogP contribution in [0.15, 0.2) is 12.3 Å². The minimum atomic E-state index is 0.660. The molecule has 10 heavy (non-hydrogen) atoms. The lowest BCUT2D eigenvalue weighted by atomic mass is 10.4. The van der Waals surface area contributed by atoms with Crippen LogP contribution in [0.3, 0.4) is 0 Å². The van der Waals surface area contributed by atoms with Gasteiger partial charge in [-0.05, 0) is 13.0 Å². The molecule has 0 aliphatic rings. The van der Waals surface area contributed by atoms with Gasteiger partial charge < -0.3 is 4.74 Å². The zero-order chi connectivity index (χ0) is 7.40. The Morgan fingerprint density at radius 1 is 1.70 bits per heavy atom. The van der Waals surface area contributed by atoms with Gasteiger partial charge in [0.05, 0.1) is 12.3 Å². The third kappa shape index (κ3) is 1.57. The largest absolute Gasteiger partial charge is 0.375 e. The van der Waals surface area contributed by atoms with Crippen LogP contribution < -0.4 is 0 Å². The molecular formula is C7H12N2O. The Labute approximate surface area is 60.6 Å². The van der Waals surface area contributed by atoms with Gasteiger partial charge in [0.1, 0.15) is 0 Å². The Balaban J connectivity index is 2.49. The first kappa shape index (κ1) is 7.28. The molecule has 0 unspecified atom stereocenters. The van der Waals surface area contributed by atoms with Crippen molar-refractivity contribution in [3.8, 4) is 0 Å². The summed E-state index contributed by atoms with van der Waals surface area (Å²) in [6.45, 7) is 3.40. The van der Waals surface area contributed by atoms with Crippen molar-refractivity contribution in [2.45, 2.75) is 13.5 Å². The smallest absolute Gasteiger partial charge is 0.0884 e. The third-order valence-electron chi connectivity index (χ3n) is 1.38. The Hall–Kier alpha value is -0.830. The number of rotatable bonds is 3. The van der Waals surface area contributed by atoms with E-state index >= 15 is 0 Å². The summed E-state index contributed by atoms with van der Waals surface area (Å²) in [5.41, 5.74) is 1.11. The van der Waals surface area contributed by atoms with E-state index in [2.05, 4.69) is 5.10 Å². The van der Waals surface area contributed by atoms with Crippen molar-refractivity contribution in [1.29, 1.82) is 0 Å². The number of hydrogen-bond acceptors (Lipinski definition) is 2. The third-order valence-corrected chi connectivity index (χ3v) is 1.38. The molecule has 3 heteroatoms. The highest BCUT2D eigenvalue weighted by Crippen LogP contribution is 1.97. The lowest BCUT2D eigenvalue weighted by molar-refractivity contribution is 0.128. The molecule has 0 amide bonds. The van der Waals surface area contributed by atoms with Crippen molar-refractivity contribution >= 4 is 0 Å². The maximum atomic E-state index is 5.20. The van der Waals surface area contributed by atoms with E-state index in [1.54, 1.807) is 6.20 Å². The van der Waals surface area contributed by atoms with Gasteiger partial charge in [-0.15, -0.1) is 0 Å². The van der Waals surface area contributed by atoms with Crippen molar-refractivity contribution < 1.29 is 4.74 Å². The highest BCUT2D eigenvalue weighted by molar-refractivity contribution is 4.97. The fourth-order valence-electron chi connectivity index (χ4n) is 0.750. The molecule has 1 heterocycles. The summed E-state index contributed by atoms with van der Waals surface area (Å²) >= 11 is 0. The van der Waals surface area contributed by atoms with Crippen LogP contribution in [0.5, 0.6) is 0 Å². The summed E-state index contributed by atoms with van der Waals surface area (Å²) in [4.78, 5) is 0. The molecule has 0 fully saturated rings. The molecular weight excluding hydrogens is 128 g/mol. The summed E-state index contributed by atoms with van der Waals surface area (Å²) in [6, 6.07) is 1.95. The van der Waals surface area contributed by atoms with Gasteiger partial charge in [-0.25, -0.2) is 0 Å². The van der Waals surface area contributed by atoms with Crippen molar-refractivity contribution in [3.05, 3.63) is 18.0 Å². The van der Waals surface area contributed by atoms with E-state index < -0.39 is 0 Å². The molecule has 1 rings (SSSR count). The molecule has 0 bridgehead atoms. The summed E-state index contributed by atoms with van der Waals surface area (Å²) in [6.07, 6.45) is 1.77. The predicted octanol–water partition coefficient (Wildman–Crippen LogP) is 0.957. The van der Waals surface area contributed by atoms with Gasteiger partial charge in [-0.3, -0.25) is 4.68 Å². The number of hydrogen-bond donors (Lipinski definition) is 0. The van der Waals surface area contributed by atoms with Gasteiger partial charge in [0.25, 0.3) is 0 Å².